The van der Waals surface area contributed by atoms with E-state index in [1.807, 2.05) is 19.9 Å². The largest absolute Gasteiger partial charge is 0.299 e. The van der Waals surface area contributed by atoms with Crippen LogP contribution in [0.5, 0.6) is 0 Å². The highest BCUT2D eigenvalue weighted by atomic mass is 16.1. The van der Waals surface area contributed by atoms with Crippen LogP contribution in [0.4, 0.5) is 0 Å². The fourth-order valence-corrected chi connectivity index (χ4v) is 0.932. The predicted octanol–water partition coefficient (Wildman–Crippen LogP) is 2.53. The summed E-state index contributed by atoms with van der Waals surface area (Å²) in [5.41, 5.74) is 0. The van der Waals surface area contributed by atoms with Crippen LogP contribution in [0, 0.1) is 5.92 Å². The summed E-state index contributed by atoms with van der Waals surface area (Å²) in [7, 11) is 0. The third-order valence-corrected chi connectivity index (χ3v) is 1.79. The van der Waals surface area contributed by atoms with Crippen LogP contribution in [-0.2, 0) is 9.59 Å². The number of carbonyl (C=O) groups excluding carboxylic acids is 2. The molecule has 0 unspecified atom stereocenters. The number of unbranched alkanes of at least 4 members (excludes halogenated alkanes) is 1. The molecule has 2 nitrogen and oxygen atoms in total. The lowest BCUT2D eigenvalue weighted by molar-refractivity contribution is -0.122. The summed E-state index contributed by atoms with van der Waals surface area (Å²) in [5, 5.41) is 0. The Bertz CT molecular complexity index is 202. The van der Waals surface area contributed by atoms with Crippen molar-refractivity contribution in [3.63, 3.8) is 0 Å². The molecule has 0 atom stereocenters. The second-order valence-corrected chi connectivity index (χ2v) is 3.53. The first kappa shape index (κ1) is 12.1. The van der Waals surface area contributed by atoms with Gasteiger partial charge in [0.25, 0.3) is 0 Å². The molecule has 0 N–H and O–H groups in total. The van der Waals surface area contributed by atoms with E-state index < -0.39 is 0 Å². The lowest BCUT2D eigenvalue weighted by Gasteiger charge is -2.01. The molecule has 0 bridgehead atoms. The Morgan fingerprint density at radius 2 is 1.92 bits per heavy atom. The Morgan fingerprint density at radius 3 is 2.38 bits per heavy atom. The fraction of sp³-hybridized carbons (Fsp3) is 0.636. The lowest BCUT2D eigenvalue weighted by Crippen LogP contribution is -2.05. The Labute approximate surface area is 80.0 Å². The number of carbonyl (C=O) groups is 2. The van der Waals surface area contributed by atoms with E-state index in [-0.39, 0.29) is 11.7 Å². The van der Waals surface area contributed by atoms with Crippen molar-refractivity contribution >= 4 is 11.6 Å². The van der Waals surface area contributed by atoms with E-state index in [1.165, 1.54) is 6.92 Å². The molecular weight excluding hydrogens is 164 g/mol. The molecule has 13 heavy (non-hydrogen) atoms. The lowest BCUT2D eigenvalue weighted by atomic mass is 10.0. The van der Waals surface area contributed by atoms with Gasteiger partial charge in [-0.05, 0) is 25.8 Å². The molecule has 0 aliphatic heterocycles. The number of ketones is 2. The summed E-state index contributed by atoms with van der Waals surface area (Å²) in [4.78, 5) is 21.6. The van der Waals surface area contributed by atoms with Crippen LogP contribution < -0.4 is 0 Å². The molecule has 0 aromatic heterocycles. The SMILES string of the molecule is CC(=O)/C=C/CCCC(=O)C(C)C. The van der Waals surface area contributed by atoms with Crippen LogP contribution in [-0.4, -0.2) is 11.6 Å². The van der Waals surface area contributed by atoms with E-state index in [0.717, 1.165) is 12.8 Å². The Hall–Kier alpha value is -0.920. The molecule has 0 aromatic carbocycles. The molecule has 0 saturated carbocycles. The minimum atomic E-state index is 0.0650. The summed E-state index contributed by atoms with van der Waals surface area (Å²) < 4.78 is 0. The topological polar surface area (TPSA) is 34.1 Å². The van der Waals surface area contributed by atoms with Gasteiger partial charge < -0.3 is 0 Å². The van der Waals surface area contributed by atoms with Gasteiger partial charge in [-0.15, -0.1) is 0 Å². The van der Waals surface area contributed by atoms with Gasteiger partial charge in [0, 0.05) is 12.3 Å². The number of allylic oxidation sites excluding steroid dienone is 2. The monoisotopic (exact) mass is 182 g/mol. The van der Waals surface area contributed by atoms with E-state index in [1.54, 1.807) is 6.08 Å². The Balaban J connectivity index is 3.46. The zero-order valence-electron chi connectivity index (χ0n) is 8.67. The van der Waals surface area contributed by atoms with Crippen LogP contribution in [0.2, 0.25) is 0 Å². The van der Waals surface area contributed by atoms with Gasteiger partial charge in [-0.1, -0.05) is 19.9 Å². The van der Waals surface area contributed by atoms with Crippen LogP contribution in [0.3, 0.4) is 0 Å². The van der Waals surface area contributed by atoms with Crippen molar-refractivity contribution in [3.05, 3.63) is 12.2 Å². The van der Waals surface area contributed by atoms with Gasteiger partial charge in [-0.25, -0.2) is 0 Å². The maximum atomic E-state index is 11.1. The molecule has 0 aliphatic rings. The van der Waals surface area contributed by atoms with Crippen molar-refractivity contribution < 1.29 is 9.59 Å². The molecule has 0 heterocycles. The molecule has 0 rings (SSSR count). The van der Waals surface area contributed by atoms with Crippen molar-refractivity contribution in [3.8, 4) is 0 Å². The second kappa shape index (κ2) is 6.58. The van der Waals surface area contributed by atoms with Gasteiger partial charge in [-0.2, -0.15) is 0 Å². The van der Waals surface area contributed by atoms with Crippen LogP contribution in [0.15, 0.2) is 12.2 Å². The normalized spacial score (nSPS) is 11.1. The van der Waals surface area contributed by atoms with E-state index >= 15 is 0 Å². The van der Waals surface area contributed by atoms with Crippen molar-refractivity contribution in [1.29, 1.82) is 0 Å². The van der Waals surface area contributed by atoms with Gasteiger partial charge in [0.2, 0.25) is 0 Å². The Morgan fingerprint density at radius 1 is 1.31 bits per heavy atom. The number of Topliss-reactive ketones (excluding diaryl/α,β-unsaturated/α-hetero) is 1. The van der Waals surface area contributed by atoms with Crippen LogP contribution in [0.25, 0.3) is 0 Å². The van der Waals surface area contributed by atoms with Gasteiger partial charge in [0.1, 0.15) is 5.78 Å². The van der Waals surface area contributed by atoms with E-state index in [4.69, 9.17) is 0 Å². The molecule has 0 amide bonds. The molecule has 0 aliphatic carbocycles. The van der Waals surface area contributed by atoms with E-state index in [0.29, 0.717) is 12.2 Å². The summed E-state index contributed by atoms with van der Waals surface area (Å²) in [6.45, 7) is 5.34. The third kappa shape index (κ3) is 7.44. The number of hydrogen-bond acceptors (Lipinski definition) is 2. The van der Waals surface area contributed by atoms with E-state index in [2.05, 4.69) is 0 Å². The maximum Gasteiger partial charge on any atom is 0.152 e. The highest BCUT2D eigenvalue weighted by Gasteiger charge is 2.04. The highest BCUT2D eigenvalue weighted by Crippen LogP contribution is 2.04. The zero-order chi connectivity index (χ0) is 10.3. The average Bonchev–Trinajstić information content (AvgIpc) is 2.02. The molecule has 2 heteroatoms. The standard InChI is InChI=1S/C11H18O2/c1-9(2)11(13)8-6-4-5-7-10(3)12/h5,7,9H,4,6,8H2,1-3H3/b7-5+. The van der Waals surface area contributed by atoms with Crippen molar-refractivity contribution in [1.82, 2.24) is 0 Å². The minimum absolute atomic E-state index is 0.0650. The summed E-state index contributed by atoms with van der Waals surface area (Å²) in [6, 6.07) is 0. The van der Waals surface area contributed by atoms with E-state index in [9.17, 15) is 9.59 Å². The molecular formula is C11H18O2. The molecule has 0 aromatic rings. The van der Waals surface area contributed by atoms with Crippen molar-refractivity contribution in [2.75, 3.05) is 0 Å². The van der Waals surface area contributed by atoms with Gasteiger partial charge >= 0.3 is 0 Å². The van der Waals surface area contributed by atoms with Crippen molar-refractivity contribution in [2.24, 2.45) is 5.92 Å². The first-order valence-corrected chi connectivity index (χ1v) is 4.74. The third-order valence-electron chi connectivity index (χ3n) is 1.79. The zero-order valence-corrected chi connectivity index (χ0v) is 8.67. The molecule has 74 valence electrons. The second-order valence-electron chi connectivity index (χ2n) is 3.53. The summed E-state index contributed by atoms with van der Waals surface area (Å²) >= 11 is 0. The van der Waals surface area contributed by atoms with Gasteiger partial charge in [0.05, 0.1) is 0 Å². The van der Waals surface area contributed by atoms with Crippen molar-refractivity contribution in [2.45, 2.75) is 40.0 Å². The van der Waals surface area contributed by atoms with Gasteiger partial charge in [-0.3, -0.25) is 9.59 Å². The Kier molecular flexibility index (Phi) is 6.11. The summed E-state index contributed by atoms with van der Waals surface area (Å²) in [6.07, 6.45) is 5.68. The smallest absolute Gasteiger partial charge is 0.152 e. The molecule has 0 spiro atoms. The number of rotatable bonds is 6. The maximum absolute atomic E-state index is 11.1. The number of hydrogen-bond donors (Lipinski definition) is 0. The molecule has 0 radical (unpaired) electrons. The molecule has 0 saturated heterocycles. The predicted molar refractivity (Wildman–Crippen MR) is 53.5 cm³/mol. The first-order valence-electron chi connectivity index (χ1n) is 4.74. The fourth-order valence-electron chi connectivity index (χ4n) is 0.932. The highest BCUT2D eigenvalue weighted by molar-refractivity contribution is 5.87. The minimum Gasteiger partial charge on any atom is -0.299 e. The molecule has 0 fully saturated rings. The van der Waals surface area contributed by atoms with Crippen LogP contribution in [0.1, 0.15) is 40.0 Å². The first-order chi connectivity index (χ1) is 6.04. The van der Waals surface area contributed by atoms with Crippen LogP contribution >= 0.6 is 0 Å². The summed E-state index contributed by atoms with van der Waals surface area (Å²) in [5.74, 6) is 0.503. The quantitative estimate of drug-likeness (QED) is 0.467. The van der Waals surface area contributed by atoms with Gasteiger partial charge in [0.15, 0.2) is 5.78 Å². The average molecular weight is 182 g/mol.